The molecule has 1 heterocycles. The molecule has 0 aliphatic rings. The zero-order valence-corrected chi connectivity index (χ0v) is 16.2. The van der Waals surface area contributed by atoms with E-state index in [0.29, 0.717) is 29.1 Å². The van der Waals surface area contributed by atoms with Gasteiger partial charge in [-0.2, -0.15) is 0 Å². The molecule has 0 aliphatic heterocycles. The highest BCUT2D eigenvalue weighted by atomic mass is 16.5. The van der Waals surface area contributed by atoms with Crippen molar-refractivity contribution in [3.05, 3.63) is 65.4 Å². The van der Waals surface area contributed by atoms with Crippen molar-refractivity contribution >= 4 is 28.6 Å². The Morgan fingerprint density at radius 1 is 1.03 bits per heavy atom. The van der Waals surface area contributed by atoms with E-state index in [9.17, 15) is 14.4 Å². The van der Waals surface area contributed by atoms with Gasteiger partial charge in [0, 0.05) is 16.5 Å². The second kappa shape index (κ2) is 9.05. The lowest BCUT2D eigenvalue weighted by Crippen LogP contribution is -2.31. The number of hydrogen-bond donors (Lipinski definition) is 1. The molecule has 0 fully saturated rings. The molecule has 150 valence electrons. The highest BCUT2D eigenvalue weighted by molar-refractivity contribution is 6.01. The molecule has 0 saturated heterocycles. The van der Waals surface area contributed by atoms with Gasteiger partial charge in [-0.1, -0.05) is 18.2 Å². The van der Waals surface area contributed by atoms with Gasteiger partial charge in [-0.25, -0.2) is 0 Å². The Balaban J connectivity index is 1.49. The summed E-state index contributed by atoms with van der Waals surface area (Å²) in [6.45, 7) is 3.37. The summed E-state index contributed by atoms with van der Waals surface area (Å²) in [6, 6.07) is 13.8. The topological polar surface area (TPSA) is 94.8 Å². The number of hydrogen-bond acceptors (Lipinski definition) is 6. The highest BCUT2D eigenvalue weighted by Gasteiger charge is 2.19. The molecule has 0 atom stereocenters. The number of amides is 1. The molecule has 0 aliphatic carbocycles. The first-order valence-electron chi connectivity index (χ1n) is 9.17. The van der Waals surface area contributed by atoms with E-state index in [1.54, 1.807) is 37.3 Å². The van der Waals surface area contributed by atoms with Gasteiger partial charge in [0.25, 0.3) is 5.91 Å². The van der Waals surface area contributed by atoms with Crippen LogP contribution in [0.4, 0.5) is 0 Å². The summed E-state index contributed by atoms with van der Waals surface area (Å²) in [6.07, 6.45) is 0. The van der Waals surface area contributed by atoms with E-state index in [4.69, 9.17) is 13.9 Å². The van der Waals surface area contributed by atoms with Gasteiger partial charge >= 0.3 is 5.97 Å². The highest BCUT2D eigenvalue weighted by Crippen LogP contribution is 2.25. The zero-order chi connectivity index (χ0) is 20.8. The van der Waals surface area contributed by atoms with Crippen molar-refractivity contribution < 1.29 is 28.3 Å². The van der Waals surface area contributed by atoms with Gasteiger partial charge in [0.1, 0.15) is 17.9 Å². The molecule has 3 aromatic rings. The Kier molecular flexibility index (Phi) is 6.29. The van der Waals surface area contributed by atoms with Crippen LogP contribution < -0.4 is 10.1 Å². The Labute approximate surface area is 167 Å². The van der Waals surface area contributed by atoms with E-state index >= 15 is 0 Å². The number of carbonyl (C=O) groups excluding carboxylic acids is 3. The normalized spacial score (nSPS) is 10.6. The Morgan fingerprint density at radius 2 is 1.76 bits per heavy atom. The lowest BCUT2D eigenvalue weighted by molar-refractivity contribution is -0.141. The van der Waals surface area contributed by atoms with E-state index < -0.39 is 24.3 Å². The number of carbonyl (C=O) groups is 3. The number of esters is 1. The second-order valence-corrected chi connectivity index (χ2v) is 6.28. The number of para-hydroxylation sites is 1. The van der Waals surface area contributed by atoms with E-state index in [2.05, 4.69) is 5.32 Å². The summed E-state index contributed by atoms with van der Waals surface area (Å²) < 4.78 is 15.8. The molecule has 29 heavy (non-hydrogen) atoms. The first-order chi connectivity index (χ1) is 14.0. The van der Waals surface area contributed by atoms with Crippen LogP contribution in [0.3, 0.4) is 0 Å². The molecule has 7 nitrogen and oxygen atoms in total. The van der Waals surface area contributed by atoms with Gasteiger partial charge in [0.15, 0.2) is 12.4 Å². The van der Waals surface area contributed by atoms with Crippen molar-refractivity contribution in [2.45, 2.75) is 13.8 Å². The molecular weight excluding hydrogens is 374 g/mol. The number of fused-ring (bicyclic) bond motifs is 1. The smallest absolute Gasteiger partial charge is 0.325 e. The van der Waals surface area contributed by atoms with Crippen LogP contribution in [0.2, 0.25) is 0 Å². The summed E-state index contributed by atoms with van der Waals surface area (Å²) in [5.41, 5.74) is 1.68. The molecule has 0 bridgehead atoms. The van der Waals surface area contributed by atoms with E-state index in [1.165, 1.54) is 0 Å². The van der Waals surface area contributed by atoms with Crippen LogP contribution in [-0.2, 0) is 9.53 Å². The number of rotatable bonds is 8. The lowest BCUT2D eigenvalue weighted by atomic mass is 10.1. The van der Waals surface area contributed by atoms with E-state index in [-0.39, 0.29) is 12.3 Å². The number of benzene rings is 2. The average Bonchev–Trinajstić information content (AvgIpc) is 3.08. The number of ether oxygens (including phenoxy) is 2. The van der Waals surface area contributed by atoms with Crippen molar-refractivity contribution in [1.82, 2.24) is 5.32 Å². The van der Waals surface area contributed by atoms with Gasteiger partial charge in [-0.05, 0) is 44.2 Å². The van der Waals surface area contributed by atoms with Crippen LogP contribution in [0.5, 0.6) is 5.75 Å². The first-order valence-corrected chi connectivity index (χ1v) is 9.17. The van der Waals surface area contributed by atoms with Gasteiger partial charge in [0.05, 0.1) is 6.61 Å². The first kappa shape index (κ1) is 20.1. The predicted molar refractivity (Wildman–Crippen MR) is 106 cm³/mol. The Hall–Kier alpha value is -3.61. The number of aryl methyl sites for hydroxylation is 1. The summed E-state index contributed by atoms with van der Waals surface area (Å²) in [5.74, 6) is -0.763. The molecule has 3 rings (SSSR count). The maximum atomic E-state index is 12.3. The van der Waals surface area contributed by atoms with Gasteiger partial charge in [0.2, 0.25) is 5.78 Å². The van der Waals surface area contributed by atoms with Crippen LogP contribution in [0, 0.1) is 6.92 Å². The third-order valence-corrected chi connectivity index (χ3v) is 4.28. The van der Waals surface area contributed by atoms with Crippen LogP contribution in [0.15, 0.2) is 52.9 Å². The fourth-order valence-corrected chi connectivity index (χ4v) is 2.83. The van der Waals surface area contributed by atoms with Gasteiger partial charge in [-0.15, -0.1) is 0 Å². The maximum absolute atomic E-state index is 12.3. The quantitative estimate of drug-likeness (QED) is 0.465. The standard InChI is InChI=1S/C22H21NO6/c1-3-27-16-10-8-15(9-11-16)22(26)23-12-20(25)28-13-18(24)21-14(2)17-6-4-5-7-19(17)29-21/h4-11H,3,12-13H2,1-2H3,(H,23,26). The van der Waals surface area contributed by atoms with Crippen molar-refractivity contribution in [2.75, 3.05) is 19.8 Å². The van der Waals surface area contributed by atoms with Gasteiger partial charge < -0.3 is 19.2 Å². The summed E-state index contributed by atoms with van der Waals surface area (Å²) in [4.78, 5) is 36.3. The van der Waals surface area contributed by atoms with Crippen LogP contribution in [0.25, 0.3) is 11.0 Å². The number of nitrogens with one attached hydrogen (secondary N) is 1. The summed E-state index contributed by atoms with van der Waals surface area (Å²) >= 11 is 0. The minimum atomic E-state index is -0.716. The monoisotopic (exact) mass is 395 g/mol. The number of furan rings is 1. The Morgan fingerprint density at radius 3 is 2.45 bits per heavy atom. The van der Waals surface area contributed by atoms with Crippen LogP contribution in [-0.4, -0.2) is 37.4 Å². The summed E-state index contributed by atoms with van der Waals surface area (Å²) in [5, 5.41) is 3.30. The van der Waals surface area contributed by atoms with Crippen molar-refractivity contribution in [3.8, 4) is 5.75 Å². The molecule has 7 heteroatoms. The van der Waals surface area contributed by atoms with E-state index in [1.807, 2.05) is 25.1 Å². The molecule has 0 saturated carbocycles. The predicted octanol–water partition coefficient (Wildman–Crippen LogP) is 3.30. The SMILES string of the molecule is CCOc1ccc(C(=O)NCC(=O)OCC(=O)c2oc3ccccc3c2C)cc1. The molecule has 0 spiro atoms. The molecular formula is C22H21NO6. The van der Waals surface area contributed by atoms with Crippen molar-refractivity contribution in [3.63, 3.8) is 0 Å². The largest absolute Gasteiger partial charge is 0.494 e. The average molecular weight is 395 g/mol. The van der Waals surface area contributed by atoms with Gasteiger partial charge in [-0.3, -0.25) is 14.4 Å². The van der Waals surface area contributed by atoms with Crippen LogP contribution >= 0.6 is 0 Å². The van der Waals surface area contributed by atoms with Crippen molar-refractivity contribution in [1.29, 1.82) is 0 Å². The van der Waals surface area contributed by atoms with E-state index in [0.717, 1.165) is 5.39 Å². The molecule has 1 amide bonds. The number of ketones is 1. The molecule has 0 radical (unpaired) electrons. The fourth-order valence-electron chi connectivity index (χ4n) is 2.83. The second-order valence-electron chi connectivity index (χ2n) is 6.28. The Bertz CT molecular complexity index is 1040. The van der Waals surface area contributed by atoms with Crippen molar-refractivity contribution in [2.24, 2.45) is 0 Å². The fraction of sp³-hybridized carbons (Fsp3) is 0.227. The molecule has 1 aromatic heterocycles. The molecule has 0 unspecified atom stereocenters. The third kappa shape index (κ3) is 4.82. The summed E-state index contributed by atoms with van der Waals surface area (Å²) in [7, 11) is 0. The lowest BCUT2D eigenvalue weighted by Gasteiger charge is -2.07. The van der Waals surface area contributed by atoms with Crippen LogP contribution in [0.1, 0.15) is 33.4 Å². The minimum absolute atomic E-state index is 0.164. The molecule has 1 N–H and O–H groups in total. The minimum Gasteiger partial charge on any atom is -0.494 e. The number of Topliss-reactive ketones (excluding diaryl/α,β-unsaturated/α-hetero) is 1. The third-order valence-electron chi connectivity index (χ3n) is 4.28. The maximum Gasteiger partial charge on any atom is 0.325 e. The zero-order valence-electron chi connectivity index (χ0n) is 16.2. The molecule has 2 aromatic carbocycles.